The van der Waals surface area contributed by atoms with E-state index in [0.717, 1.165) is 4.68 Å². The number of aromatic nitrogens is 2. The Kier molecular flexibility index (Phi) is 4.59. The third-order valence-electron chi connectivity index (χ3n) is 3.92. The van der Waals surface area contributed by atoms with Crippen LogP contribution in [0.3, 0.4) is 0 Å². The third kappa shape index (κ3) is 3.41. The van der Waals surface area contributed by atoms with E-state index in [4.69, 9.17) is 19.5 Å². The van der Waals surface area contributed by atoms with Crippen LogP contribution in [0, 0.1) is 25.2 Å². The number of hydrogen-bond donors (Lipinski definition) is 1. The van der Waals surface area contributed by atoms with Crippen molar-refractivity contribution in [1.29, 1.82) is 5.26 Å². The summed E-state index contributed by atoms with van der Waals surface area (Å²) in [5, 5.41) is 23.4. The highest BCUT2D eigenvalue weighted by Crippen LogP contribution is 2.35. The van der Waals surface area contributed by atoms with E-state index in [1.54, 1.807) is 32.0 Å². The van der Waals surface area contributed by atoms with E-state index in [-0.39, 0.29) is 25.5 Å². The van der Waals surface area contributed by atoms with Crippen LogP contribution >= 0.6 is 0 Å². The Morgan fingerprint density at radius 3 is 2.92 bits per heavy atom. The molecule has 1 N–H and O–H groups in total. The average molecular weight is 343 g/mol. The molecule has 1 atom stereocenters. The molecule has 1 aliphatic heterocycles. The standard InChI is InChI=1S/C17H17N3O5/c1-10-11(2)19-20(17(22)14(10)6-18)7-12(21)8-23-13-3-4-15-16(5-13)25-9-24-15/h3-5,12,21H,7-9H2,1-2H3/t12-/m1/s1. The van der Waals surface area contributed by atoms with E-state index >= 15 is 0 Å². The minimum atomic E-state index is -0.968. The predicted octanol–water partition coefficient (Wildman–Crippen LogP) is 0.900. The third-order valence-corrected chi connectivity index (χ3v) is 3.92. The van der Waals surface area contributed by atoms with Crippen LogP contribution in [0.15, 0.2) is 23.0 Å². The summed E-state index contributed by atoms with van der Waals surface area (Å²) in [6.45, 7) is 3.44. The van der Waals surface area contributed by atoms with Crippen LogP contribution < -0.4 is 19.8 Å². The molecule has 1 aliphatic rings. The van der Waals surface area contributed by atoms with Gasteiger partial charge in [0.2, 0.25) is 6.79 Å². The maximum absolute atomic E-state index is 12.2. The van der Waals surface area contributed by atoms with Crippen molar-refractivity contribution >= 4 is 0 Å². The molecule has 0 bridgehead atoms. The number of ether oxygens (including phenoxy) is 3. The van der Waals surface area contributed by atoms with Crippen LogP contribution in [0.2, 0.25) is 0 Å². The lowest BCUT2D eigenvalue weighted by Crippen LogP contribution is -2.34. The molecule has 1 aromatic carbocycles. The lowest BCUT2D eigenvalue weighted by Gasteiger charge is -2.15. The van der Waals surface area contributed by atoms with Gasteiger partial charge in [-0.2, -0.15) is 10.4 Å². The molecule has 0 spiro atoms. The topological polar surface area (TPSA) is 107 Å². The van der Waals surface area contributed by atoms with Gasteiger partial charge >= 0.3 is 0 Å². The monoisotopic (exact) mass is 343 g/mol. The summed E-state index contributed by atoms with van der Waals surface area (Å²) in [6, 6.07) is 6.98. The van der Waals surface area contributed by atoms with E-state index in [1.807, 2.05) is 6.07 Å². The first-order valence-electron chi connectivity index (χ1n) is 7.68. The molecule has 8 heteroatoms. The van der Waals surface area contributed by atoms with Crippen molar-refractivity contribution in [2.45, 2.75) is 26.5 Å². The maximum atomic E-state index is 12.2. The van der Waals surface area contributed by atoms with Crippen molar-refractivity contribution in [2.75, 3.05) is 13.4 Å². The van der Waals surface area contributed by atoms with E-state index in [9.17, 15) is 9.90 Å². The Morgan fingerprint density at radius 2 is 2.16 bits per heavy atom. The Labute approximate surface area is 143 Å². The highest BCUT2D eigenvalue weighted by molar-refractivity contribution is 5.46. The second-order valence-corrected chi connectivity index (χ2v) is 5.66. The quantitative estimate of drug-likeness (QED) is 0.859. The van der Waals surface area contributed by atoms with Gasteiger partial charge in [-0.15, -0.1) is 0 Å². The number of aryl methyl sites for hydroxylation is 1. The molecule has 0 fully saturated rings. The molecule has 0 aliphatic carbocycles. The summed E-state index contributed by atoms with van der Waals surface area (Å²) in [4.78, 5) is 12.2. The van der Waals surface area contributed by atoms with Crippen LogP contribution in [-0.4, -0.2) is 34.4 Å². The number of nitrogens with zero attached hydrogens (tertiary/aromatic N) is 3. The minimum absolute atomic E-state index is 0.0383. The summed E-state index contributed by atoms with van der Waals surface area (Å²) in [7, 11) is 0. The van der Waals surface area contributed by atoms with Crippen LogP contribution in [-0.2, 0) is 6.54 Å². The van der Waals surface area contributed by atoms with E-state index in [2.05, 4.69) is 5.10 Å². The van der Waals surface area contributed by atoms with Gasteiger partial charge in [0.1, 0.15) is 30.1 Å². The van der Waals surface area contributed by atoms with Gasteiger partial charge < -0.3 is 19.3 Å². The van der Waals surface area contributed by atoms with Crippen molar-refractivity contribution in [1.82, 2.24) is 9.78 Å². The van der Waals surface area contributed by atoms with Crippen molar-refractivity contribution in [2.24, 2.45) is 0 Å². The van der Waals surface area contributed by atoms with E-state index < -0.39 is 11.7 Å². The molecular weight excluding hydrogens is 326 g/mol. The summed E-state index contributed by atoms with van der Waals surface area (Å²) >= 11 is 0. The molecular formula is C17H17N3O5. The smallest absolute Gasteiger partial charge is 0.285 e. The summed E-state index contributed by atoms with van der Waals surface area (Å²) < 4.78 is 17.1. The molecule has 0 radical (unpaired) electrons. The molecule has 1 aromatic heterocycles. The van der Waals surface area contributed by atoms with Crippen molar-refractivity contribution in [3.05, 3.63) is 45.4 Å². The molecule has 0 amide bonds. The largest absolute Gasteiger partial charge is 0.491 e. The molecule has 0 unspecified atom stereocenters. The molecule has 25 heavy (non-hydrogen) atoms. The van der Waals surface area contributed by atoms with Crippen LogP contribution in [0.4, 0.5) is 0 Å². The first-order chi connectivity index (χ1) is 12.0. The van der Waals surface area contributed by atoms with Crippen LogP contribution in [0.1, 0.15) is 16.8 Å². The summed E-state index contributed by atoms with van der Waals surface area (Å²) in [5.74, 6) is 1.74. The Morgan fingerprint density at radius 1 is 1.40 bits per heavy atom. The van der Waals surface area contributed by atoms with Gasteiger partial charge in [0, 0.05) is 6.07 Å². The van der Waals surface area contributed by atoms with Gasteiger partial charge in [0.05, 0.1) is 12.2 Å². The molecule has 2 aromatic rings. The van der Waals surface area contributed by atoms with Crippen molar-refractivity contribution in [3.63, 3.8) is 0 Å². The van der Waals surface area contributed by atoms with E-state index in [0.29, 0.717) is 28.5 Å². The van der Waals surface area contributed by atoms with Crippen molar-refractivity contribution in [3.8, 4) is 23.3 Å². The number of rotatable bonds is 5. The molecule has 8 nitrogen and oxygen atoms in total. The van der Waals surface area contributed by atoms with Crippen LogP contribution in [0.5, 0.6) is 17.2 Å². The van der Waals surface area contributed by atoms with Gasteiger partial charge in [-0.3, -0.25) is 4.79 Å². The molecule has 2 heterocycles. The zero-order chi connectivity index (χ0) is 18.0. The fourth-order valence-electron chi connectivity index (χ4n) is 2.44. The van der Waals surface area contributed by atoms with Gasteiger partial charge in [0.25, 0.3) is 5.56 Å². The number of fused-ring (bicyclic) bond motifs is 1. The molecule has 130 valence electrons. The number of aliphatic hydroxyl groups is 1. The first kappa shape index (κ1) is 16.8. The second kappa shape index (κ2) is 6.83. The average Bonchev–Trinajstić information content (AvgIpc) is 3.06. The Balaban J connectivity index is 1.67. The van der Waals surface area contributed by atoms with Gasteiger partial charge in [-0.25, -0.2) is 4.68 Å². The first-order valence-corrected chi connectivity index (χ1v) is 7.68. The summed E-state index contributed by atoms with van der Waals surface area (Å²) in [5.41, 5.74) is 0.638. The lowest BCUT2D eigenvalue weighted by molar-refractivity contribution is 0.0876. The SMILES string of the molecule is Cc1nn(C[C@@H](O)COc2ccc3c(c2)OCO3)c(=O)c(C#N)c1C. The molecule has 3 rings (SSSR count). The highest BCUT2D eigenvalue weighted by atomic mass is 16.7. The Bertz CT molecular complexity index is 900. The maximum Gasteiger partial charge on any atom is 0.285 e. The van der Waals surface area contributed by atoms with Gasteiger partial charge in [-0.05, 0) is 31.5 Å². The second-order valence-electron chi connectivity index (χ2n) is 5.66. The number of aliphatic hydroxyl groups excluding tert-OH is 1. The van der Waals surface area contributed by atoms with Crippen LogP contribution in [0.25, 0.3) is 0 Å². The Hall–Kier alpha value is -3.05. The fourth-order valence-corrected chi connectivity index (χ4v) is 2.44. The van der Waals surface area contributed by atoms with E-state index in [1.165, 1.54) is 0 Å². The van der Waals surface area contributed by atoms with Gasteiger partial charge in [0.15, 0.2) is 11.5 Å². The highest BCUT2D eigenvalue weighted by Gasteiger charge is 2.16. The molecule has 0 saturated carbocycles. The summed E-state index contributed by atoms with van der Waals surface area (Å²) in [6.07, 6.45) is -0.968. The number of benzene rings is 1. The van der Waals surface area contributed by atoms with Crippen molar-refractivity contribution < 1.29 is 19.3 Å². The predicted molar refractivity (Wildman–Crippen MR) is 86.8 cm³/mol. The number of nitriles is 1. The zero-order valence-electron chi connectivity index (χ0n) is 13.9. The normalized spacial score (nSPS) is 13.4. The fraction of sp³-hybridized carbons (Fsp3) is 0.353. The number of hydrogen-bond acceptors (Lipinski definition) is 7. The zero-order valence-corrected chi connectivity index (χ0v) is 13.9. The lowest BCUT2D eigenvalue weighted by atomic mass is 10.1. The van der Waals surface area contributed by atoms with Gasteiger partial charge in [-0.1, -0.05) is 0 Å². The minimum Gasteiger partial charge on any atom is -0.491 e. The molecule has 0 saturated heterocycles.